The summed E-state index contributed by atoms with van der Waals surface area (Å²) < 4.78 is 10.9. The van der Waals surface area contributed by atoms with Gasteiger partial charge in [0, 0.05) is 18.0 Å². The second kappa shape index (κ2) is 6.07. The van der Waals surface area contributed by atoms with Gasteiger partial charge in [-0.25, -0.2) is 0 Å². The number of aromatic nitrogens is 4. The van der Waals surface area contributed by atoms with Gasteiger partial charge >= 0.3 is 6.01 Å². The van der Waals surface area contributed by atoms with Gasteiger partial charge in [-0.2, -0.15) is 9.97 Å². The average molecular weight is 325 g/mol. The van der Waals surface area contributed by atoms with Gasteiger partial charge in [-0.15, -0.1) is 0 Å². The van der Waals surface area contributed by atoms with Gasteiger partial charge in [0.05, 0.1) is 0 Å². The lowest BCUT2D eigenvalue weighted by Crippen LogP contribution is -2.23. The molecule has 2 aromatic heterocycles. The van der Waals surface area contributed by atoms with Crippen molar-refractivity contribution in [1.29, 1.82) is 0 Å². The summed E-state index contributed by atoms with van der Waals surface area (Å²) in [6, 6.07) is 10.3. The zero-order valence-corrected chi connectivity index (χ0v) is 13.7. The van der Waals surface area contributed by atoms with Gasteiger partial charge in [0.1, 0.15) is 6.04 Å². The number of anilines is 1. The molecule has 1 aromatic carbocycles. The Balaban J connectivity index is 1.60. The van der Waals surface area contributed by atoms with E-state index in [1.165, 1.54) is 0 Å². The SMILES string of the molecule is CC(C)c1noc([C@@H]2CCCN2c2nc(-c3ccccc3)no2)n1. The van der Waals surface area contributed by atoms with Crippen LogP contribution < -0.4 is 4.90 Å². The molecular weight excluding hydrogens is 306 g/mol. The number of benzene rings is 1. The van der Waals surface area contributed by atoms with Crippen LogP contribution in [0, 0.1) is 0 Å². The highest BCUT2D eigenvalue weighted by Crippen LogP contribution is 2.35. The fraction of sp³-hybridized carbons (Fsp3) is 0.412. The summed E-state index contributed by atoms with van der Waals surface area (Å²) in [5, 5.41) is 8.16. The van der Waals surface area contributed by atoms with Gasteiger partial charge in [0.15, 0.2) is 5.82 Å². The zero-order valence-electron chi connectivity index (χ0n) is 13.7. The Morgan fingerprint density at radius 1 is 1.08 bits per heavy atom. The minimum absolute atomic E-state index is 0.00549. The Bertz CT molecular complexity index is 811. The standard InChI is InChI=1S/C17H19N5O2/c1-11(2)14-18-16(23-20-14)13-9-6-10-22(13)17-19-15(21-24-17)12-7-4-3-5-8-12/h3-5,7-8,11,13H,6,9-10H2,1-2H3/t13-/m0/s1. The summed E-state index contributed by atoms with van der Waals surface area (Å²) in [5.74, 6) is 2.18. The largest absolute Gasteiger partial charge is 0.337 e. The van der Waals surface area contributed by atoms with Gasteiger partial charge in [-0.05, 0) is 12.8 Å². The van der Waals surface area contributed by atoms with Crippen LogP contribution in [0.2, 0.25) is 0 Å². The van der Waals surface area contributed by atoms with E-state index >= 15 is 0 Å². The summed E-state index contributed by atoms with van der Waals surface area (Å²) in [5.41, 5.74) is 0.933. The lowest BCUT2D eigenvalue weighted by Gasteiger charge is -2.18. The summed E-state index contributed by atoms with van der Waals surface area (Å²) in [4.78, 5) is 11.1. The number of nitrogens with zero attached hydrogens (tertiary/aromatic N) is 5. The smallest absolute Gasteiger partial charge is 0.325 e. The predicted octanol–water partition coefficient (Wildman–Crippen LogP) is 3.58. The van der Waals surface area contributed by atoms with Crippen molar-refractivity contribution in [1.82, 2.24) is 20.3 Å². The Kier molecular flexibility index (Phi) is 3.76. The van der Waals surface area contributed by atoms with Crippen LogP contribution in [0.4, 0.5) is 6.01 Å². The van der Waals surface area contributed by atoms with Gasteiger partial charge in [-0.1, -0.05) is 54.5 Å². The molecule has 1 aliphatic rings. The Labute approximate surface area is 139 Å². The quantitative estimate of drug-likeness (QED) is 0.725. The molecule has 0 unspecified atom stereocenters. The van der Waals surface area contributed by atoms with Crippen molar-refractivity contribution in [3.63, 3.8) is 0 Å². The molecule has 0 spiro atoms. The normalized spacial score (nSPS) is 17.8. The molecular formula is C17H19N5O2. The van der Waals surface area contributed by atoms with Crippen LogP contribution >= 0.6 is 0 Å². The summed E-state index contributed by atoms with van der Waals surface area (Å²) in [7, 11) is 0. The molecule has 0 aliphatic carbocycles. The second-order valence-corrected chi connectivity index (χ2v) is 6.26. The maximum absolute atomic E-state index is 5.48. The monoisotopic (exact) mass is 325 g/mol. The first-order chi connectivity index (χ1) is 11.7. The number of hydrogen-bond acceptors (Lipinski definition) is 7. The molecule has 3 aromatic rings. The highest BCUT2D eigenvalue weighted by molar-refractivity contribution is 5.55. The van der Waals surface area contributed by atoms with Crippen molar-refractivity contribution in [2.75, 3.05) is 11.4 Å². The van der Waals surface area contributed by atoms with Crippen LogP contribution in [0.3, 0.4) is 0 Å². The molecule has 124 valence electrons. The van der Waals surface area contributed by atoms with Crippen molar-refractivity contribution < 1.29 is 9.05 Å². The van der Waals surface area contributed by atoms with Gasteiger partial charge in [-0.3, -0.25) is 0 Å². The van der Waals surface area contributed by atoms with E-state index in [1.54, 1.807) is 0 Å². The molecule has 0 saturated carbocycles. The third-order valence-corrected chi connectivity index (χ3v) is 4.20. The highest BCUT2D eigenvalue weighted by Gasteiger charge is 2.34. The number of hydrogen-bond donors (Lipinski definition) is 0. The minimum Gasteiger partial charge on any atom is -0.337 e. The fourth-order valence-corrected chi connectivity index (χ4v) is 2.91. The van der Waals surface area contributed by atoms with Crippen molar-refractivity contribution in [3.05, 3.63) is 42.0 Å². The van der Waals surface area contributed by atoms with Crippen molar-refractivity contribution >= 4 is 6.01 Å². The summed E-state index contributed by atoms with van der Waals surface area (Å²) >= 11 is 0. The van der Waals surface area contributed by atoms with Crippen LogP contribution in [-0.2, 0) is 0 Å². The predicted molar refractivity (Wildman–Crippen MR) is 87.4 cm³/mol. The maximum Gasteiger partial charge on any atom is 0.325 e. The maximum atomic E-state index is 5.48. The molecule has 1 atom stereocenters. The summed E-state index contributed by atoms with van der Waals surface area (Å²) in [6.07, 6.45) is 1.95. The van der Waals surface area contributed by atoms with Gasteiger partial charge < -0.3 is 13.9 Å². The Morgan fingerprint density at radius 3 is 2.67 bits per heavy atom. The number of rotatable bonds is 4. The molecule has 7 heteroatoms. The van der Waals surface area contributed by atoms with Crippen molar-refractivity contribution in [2.24, 2.45) is 0 Å². The minimum atomic E-state index is -0.00549. The van der Waals surface area contributed by atoms with Crippen LogP contribution in [0.5, 0.6) is 0 Å². The molecule has 24 heavy (non-hydrogen) atoms. The molecule has 0 amide bonds. The summed E-state index contributed by atoms with van der Waals surface area (Å²) in [6.45, 7) is 4.93. The second-order valence-electron chi connectivity index (χ2n) is 6.26. The molecule has 4 rings (SSSR count). The van der Waals surface area contributed by atoms with E-state index in [9.17, 15) is 0 Å². The topological polar surface area (TPSA) is 81.1 Å². The third kappa shape index (κ3) is 2.66. The van der Waals surface area contributed by atoms with E-state index in [0.29, 0.717) is 17.7 Å². The molecule has 1 saturated heterocycles. The van der Waals surface area contributed by atoms with E-state index in [2.05, 4.69) is 25.2 Å². The van der Waals surface area contributed by atoms with Crippen molar-refractivity contribution in [3.8, 4) is 11.4 Å². The first-order valence-corrected chi connectivity index (χ1v) is 8.21. The van der Waals surface area contributed by atoms with E-state index < -0.39 is 0 Å². The third-order valence-electron chi connectivity index (χ3n) is 4.20. The molecule has 1 aliphatic heterocycles. The van der Waals surface area contributed by atoms with Gasteiger partial charge in [0.25, 0.3) is 0 Å². The van der Waals surface area contributed by atoms with Crippen LogP contribution in [-0.4, -0.2) is 26.8 Å². The van der Waals surface area contributed by atoms with Crippen molar-refractivity contribution in [2.45, 2.75) is 38.6 Å². The lowest BCUT2D eigenvalue weighted by atomic mass is 10.2. The average Bonchev–Trinajstić information content (AvgIpc) is 3.33. The molecule has 1 fully saturated rings. The molecule has 3 heterocycles. The first kappa shape index (κ1) is 14.9. The lowest BCUT2D eigenvalue weighted by molar-refractivity contribution is 0.340. The molecule has 0 radical (unpaired) electrons. The van der Waals surface area contributed by atoms with Crippen LogP contribution in [0.25, 0.3) is 11.4 Å². The highest BCUT2D eigenvalue weighted by atomic mass is 16.5. The van der Waals surface area contributed by atoms with E-state index in [1.807, 2.05) is 44.2 Å². The molecule has 0 N–H and O–H groups in total. The Hall–Kier alpha value is -2.70. The fourth-order valence-electron chi connectivity index (χ4n) is 2.91. The molecule has 7 nitrogen and oxygen atoms in total. The van der Waals surface area contributed by atoms with E-state index in [-0.39, 0.29) is 12.0 Å². The Morgan fingerprint density at radius 2 is 1.92 bits per heavy atom. The van der Waals surface area contributed by atoms with Crippen LogP contribution in [0.1, 0.15) is 50.4 Å². The molecule has 0 bridgehead atoms. The zero-order chi connectivity index (χ0) is 16.5. The van der Waals surface area contributed by atoms with E-state index in [0.717, 1.165) is 30.8 Å². The first-order valence-electron chi connectivity index (χ1n) is 8.21. The van der Waals surface area contributed by atoms with E-state index in [4.69, 9.17) is 9.05 Å². The van der Waals surface area contributed by atoms with Gasteiger partial charge in [0.2, 0.25) is 11.7 Å². The van der Waals surface area contributed by atoms with Crippen LogP contribution in [0.15, 0.2) is 39.4 Å².